The summed E-state index contributed by atoms with van der Waals surface area (Å²) in [5.41, 5.74) is 9.59. The molecule has 5 nitrogen and oxygen atoms in total. The molecule has 2 heterocycles. The lowest BCUT2D eigenvalue weighted by atomic mass is 10.1. The summed E-state index contributed by atoms with van der Waals surface area (Å²) in [5, 5.41) is 7.26. The molecule has 0 amide bonds. The summed E-state index contributed by atoms with van der Waals surface area (Å²) in [5.74, 6) is 1.80. The summed E-state index contributed by atoms with van der Waals surface area (Å²) in [4.78, 5) is 6.82. The Balaban J connectivity index is 1.70. The van der Waals surface area contributed by atoms with Crippen LogP contribution < -0.4 is 10.6 Å². The zero-order valence-corrected chi connectivity index (χ0v) is 11.9. The van der Waals surface area contributed by atoms with Gasteiger partial charge in [-0.05, 0) is 36.6 Å². The van der Waals surface area contributed by atoms with Gasteiger partial charge < -0.3 is 10.6 Å². The Morgan fingerprint density at radius 3 is 3.15 bits per heavy atom. The van der Waals surface area contributed by atoms with E-state index < -0.39 is 0 Å². The molecular formula is C15H21N5. The first kappa shape index (κ1) is 13.1. The number of likely N-dealkylation sites (N-methyl/N-ethyl adjacent to an activating group) is 1. The Morgan fingerprint density at radius 2 is 2.30 bits per heavy atom. The van der Waals surface area contributed by atoms with Crippen LogP contribution >= 0.6 is 0 Å². The van der Waals surface area contributed by atoms with Gasteiger partial charge >= 0.3 is 0 Å². The molecule has 0 unspecified atom stereocenters. The van der Waals surface area contributed by atoms with Crippen molar-refractivity contribution in [1.29, 1.82) is 0 Å². The summed E-state index contributed by atoms with van der Waals surface area (Å²) >= 11 is 0. The number of fused-ring (bicyclic) bond motifs is 1. The molecule has 106 valence electrons. The number of hydrogen-bond acceptors (Lipinski definition) is 4. The summed E-state index contributed by atoms with van der Waals surface area (Å²) < 4.78 is 0. The van der Waals surface area contributed by atoms with E-state index in [1.54, 1.807) is 0 Å². The van der Waals surface area contributed by atoms with Gasteiger partial charge in [0.05, 0.1) is 0 Å². The molecule has 0 fully saturated rings. The van der Waals surface area contributed by atoms with Crippen molar-refractivity contribution in [2.24, 2.45) is 5.73 Å². The van der Waals surface area contributed by atoms with Gasteiger partial charge in [0.15, 0.2) is 5.82 Å². The molecule has 2 aromatic rings. The smallest absolute Gasteiger partial charge is 0.150 e. The summed E-state index contributed by atoms with van der Waals surface area (Å²) in [6.07, 6.45) is 3.73. The minimum absolute atomic E-state index is 0.683. The molecule has 0 bridgehead atoms. The van der Waals surface area contributed by atoms with E-state index in [9.17, 15) is 0 Å². The molecule has 3 rings (SSSR count). The summed E-state index contributed by atoms with van der Waals surface area (Å²) in [6.45, 7) is 1.80. The molecule has 0 saturated carbocycles. The molecule has 0 spiro atoms. The van der Waals surface area contributed by atoms with Crippen LogP contribution in [0.1, 0.15) is 29.2 Å². The minimum atomic E-state index is 0.683. The molecule has 0 atom stereocenters. The normalized spacial score (nSPS) is 13.8. The number of nitrogens with two attached hydrogens (primary N) is 1. The van der Waals surface area contributed by atoms with Crippen LogP contribution in [0.15, 0.2) is 18.2 Å². The van der Waals surface area contributed by atoms with Gasteiger partial charge in [0.2, 0.25) is 0 Å². The number of anilines is 1. The molecule has 0 aliphatic carbocycles. The average molecular weight is 271 g/mol. The maximum atomic E-state index is 5.50. The Morgan fingerprint density at radius 1 is 1.40 bits per heavy atom. The fourth-order valence-corrected chi connectivity index (χ4v) is 2.71. The second-order valence-electron chi connectivity index (χ2n) is 5.40. The predicted molar refractivity (Wildman–Crippen MR) is 80.0 cm³/mol. The highest BCUT2D eigenvalue weighted by molar-refractivity contribution is 5.58. The van der Waals surface area contributed by atoms with E-state index in [1.807, 2.05) is 0 Å². The van der Waals surface area contributed by atoms with Gasteiger partial charge in [-0.1, -0.05) is 12.1 Å². The van der Waals surface area contributed by atoms with Crippen LogP contribution in [0.3, 0.4) is 0 Å². The predicted octanol–water partition coefficient (Wildman–Crippen LogP) is 1.28. The number of nitrogens with one attached hydrogen (secondary N) is 1. The third-order valence-electron chi connectivity index (χ3n) is 3.83. The zero-order valence-electron chi connectivity index (χ0n) is 11.9. The van der Waals surface area contributed by atoms with Gasteiger partial charge in [-0.2, -0.15) is 5.10 Å². The van der Waals surface area contributed by atoms with Crippen molar-refractivity contribution >= 4 is 5.69 Å². The highest BCUT2D eigenvalue weighted by atomic mass is 15.2. The van der Waals surface area contributed by atoms with Crippen molar-refractivity contribution in [3.05, 3.63) is 41.0 Å². The number of hydrogen-bond donors (Lipinski definition) is 2. The average Bonchev–Trinajstić information content (AvgIpc) is 3.04. The largest absolute Gasteiger partial charge is 0.374 e. The van der Waals surface area contributed by atoms with Crippen LogP contribution in [-0.2, 0) is 19.3 Å². The maximum absolute atomic E-state index is 5.50. The number of aryl methyl sites for hydroxylation is 1. The SMILES string of the molecule is CN1CCc2cc(Cc3nc(CCCN)n[nH]3)ccc21. The lowest BCUT2D eigenvalue weighted by Gasteiger charge is -2.11. The third kappa shape index (κ3) is 2.67. The van der Waals surface area contributed by atoms with Crippen molar-refractivity contribution < 1.29 is 0 Å². The Kier molecular flexibility index (Phi) is 3.69. The van der Waals surface area contributed by atoms with Crippen LogP contribution in [0, 0.1) is 0 Å². The summed E-state index contributed by atoms with van der Waals surface area (Å²) in [6, 6.07) is 6.69. The van der Waals surface area contributed by atoms with Crippen LogP contribution in [0.2, 0.25) is 0 Å². The monoisotopic (exact) mass is 271 g/mol. The second-order valence-corrected chi connectivity index (χ2v) is 5.40. The van der Waals surface area contributed by atoms with Crippen molar-refractivity contribution in [2.75, 3.05) is 25.0 Å². The molecule has 1 aromatic heterocycles. The second kappa shape index (κ2) is 5.63. The van der Waals surface area contributed by atoms with E-state index in [0.717, 1.165) is 43.9 Å². The standard InChI is InChI=1S/C15H21N5/c1-20-8-6-12-9-11(4-5-13(12)20)10-15-17-14(18-19-15)3-2-7-16/h4-5,9H,2-3,6-8,10,16H2,1H3,(H,17,18,19). The number of aromatic amines is 1. The maximum Gasteiger partial charge on any atom is 0.150 e. The van der Waals surface area contributed by atoms with Gasteiger partial charge in [0, 0.05) is 32.1 Å². The first-order chi connectivity index (χ1) is 9.76. The fourth-order valence-electron chi connectivity index (χ4n) is 2.71. The van der Waals surface area contributed by atoms with E-state index in [-0.39, 0.29) is 0 Å². The molecule has 3 N–H and O–H groups in total. The number of aromatic nitrogens is 3. The highest BCUT2D eigenvalue weighted by Gasteiger charge is 2.15. The Bertz CT molecular complexity index is 590. The van der Waals surface area contributed by atoms with Gasteiger partial charge in [-0.3, -0.25) is 5.10 Å². The molecular weight excluding hydrogens is 250 g/mol. The van der Waals surface area contributed by atoms with E-state index in [1.165, 1.54) is 16.8 Å². The lowest BCUT2D eigenvalue weighted by molar-refractivity contribution is 0.785. The Hall–Kier alpha value is -1.88. The quantitative estimate of drug-likeness (QED) is 0.859. The number of rotatable bonds is 5. The highest BCUT2D eigenvalue weighted by Crippen LogP contribution is 2.27. The topological polar surface area (TPSA) is 70.8 Å². The first-order valence-corrected chi connectivity index (χ1v) is 7.19. The van der Waals surface area contributed by atoms with Gasteiger partial charge in [0.25, 0.3) is 0 Å². The molecule has 20 heavy (non-hydrogen) atoms. The Labute approximate surface area is 119 Å². The van der Waals surface area contributed by atoms with Crippen LogP contribution in [-0.4, -0.2) is 35.3 Å². The first-order valence-electron chi connectivity index (χ1n) is 7.19. The van der Waals surface area contributed by atoms with Crippen molar-refractivity contribution in [2.45, 2.75) is 25.7 Å². The van der Waals surface area contributed by atoms with Gasteiger partial charge in [-0.25, -0.2) is 4.98 Å². The summed E-state index contributed by atoms with van der Waals surface area (Å²) in [7, 11) is 2.14. The number of nitrogens with zero attached hydrogens (tertiary/aromatic N) is 3. The van der Waals surface area contributed by atoms with Crippen molar-refractivity contribution in [3.63, 3.8) is 0 Å². The zero-order chi connectivity index (χ0) is 13.9. The van der Waals surface area contributed by atoms with Gasteiger partial charge in [0.1, 0.15) is 5.82 Å². The van der Waals surface area contributed by atoms with Crippen molar-refractivity contribution in [1.82, 2.24) is 15.2 Å². The molecule has 0 radical (unpaired) electrons. The lowest BCUT2D eigenvalue weighted by Crippen LogP contribution is -2.12. The van der Waals surface area contributed by atoms with E-state index in [2.05, 4.69) is 45.3 Å². The molecule has 1 aliphatic rings. The van der Waals surface area contributed by atoms with Gasteiger partial charge in [-0.15, -0.1) is 0 Å². The number of H-pyrrole nitrogens is 1. The third-order valence-corrected chi connectivity index (χ3v) is 3.83. The number of benzene rings is 1. The molecule has 1 aromatic carbocycles. The molecule has 1 aliphatic heterocycles. The van der Waals surface area contributed by atoms with E-state index >= 15 is 0 Å². The van der Waals surface area contributed by atoms with E-state index in [4.69, 9.17) is 5.73 Å². The van der Waals surface area contributed by atoms with Crippen molar-refractivity contribution in [3.8, 4) is 0 Å². The van der Waals surface area contributed by atoms with E-state index in [0.29, 0.717) is 6.54 Å². The van der Waals surface area contributed by atoms with Crippen LogP contribution in [0.4, 0.5) is 5.69 Å². The van der Waals surface area contributed by atoms with Crippen LogP contribution in [0.25, 0.3) is 0 Å². The molecule has 5 heteroatoms. The van der Waals surface area contributed by atoms with Crippen LogP contribution in [0.5, 0.6) is 0 Å². The molecule has 0 saturated heterocycles. The minimum Gasteiger partial charge on any atom is -0.374 e. The fraction of sp³-hybridized carbons (Fsp3) is 0.467.